The molecule has 0 aliphatic carbocycles. The van der Waals surface area contributed by atoms with E-state index in [0.717, 1.165) is 24.0 Å². The summed E-state index contributed by atoms with van der Waals surface area (Å²) in [6.07, 6.45) is 2.72. The van der Waals surface area contributed by atoms with E-state index in [-0.39, 0.29) is 5.91 Å². The number of hydrogen-bond acceptors (Lipinski definition) is 2. The number of benzene rings is 1. The average Bonchev–Trinajstić information content (AvgIpc) is 2.32. The lowest BCUT2D eigenvalue weighted by atomic mass is 10.1. The lowest BCUT2D eigenvalue weighted by Gasteiger charge is -2.06. The monoisotopic (exact) mass is 230 g/mol. The lowest BCUT2D eigenvalue weighted by molar-refractivity contribution is -0.120. The summed E-state index contributed by atoms with van der Waals surface area (Å²) in [5.74, 6) is 0.0521. The van der Waals surface area contributed by atoms with Gasteiger partial charge in [-0.15, -0.1) is 0 Å². The molecule has 1 aromatic rings. The second-order valence-electron chi connectivity index (χ2n) is 4.07. The maximum Gasteiger partial charge on any atom is 0.224 e. The molecule has 0 aliphatic rings. The Balaban J connectivity index is 2.26. The number of carbonyl (C=O) groups is 1. The molecule has 0 spiro atoms. The predicted molar refractivity (Wildman–Crippen MR) is 67.4 cm³/mol. The minimum absolute atomic E-state index is 0.0521. The van der Waals surface area contributed by atoms with Crippen LogP contribution in [0.2, 0.25) is 0 Å². The summed E-state index contributed by atoms with van der Waals surface area (Å²) in [6, 6.07) is 9.99. The number of amides is 1. The summed E-state index contributed by atoms with van der Waals surface area (Å²) in [5, 5.41) is 11.2. The summed E-state index contributed by atoms with van der Waals surface area (Å²) in [6.45, 7) is 2.67. The van der Waals surface area contributed by atoms with Gasteiger partial charge in [0.15, 0.2) is 0 Å². The van der Waals surface area contributed by atoms with Crippen molar-refractivity contribution < 1.29 is 4.79 Å². The smallest absolute Gasteiger partial charge is 0.224 e. The first-order valence-electron chi connectivity index (χ1n) is 5.92. The van der Waals surface area contributed by atoms with E-state index in [2.05, 4.69) is 11.4 Å². The van der Waals surface area contributed by atoms with Crippen LogP contribution in [0.3, 0.4) is 0 Å². The van der Waals surface area contributed by atoms with E-state index in [1.807, 2.05) is 31.2 Å². The molecule has 0 radical (unpaired) electrons. The molecular weight excluding hydrogens is 212 g/mol. The van der Waals surface area contributed by atoms with Crippen molar-refractivity contribution in [2.75, 3.05) is 6.54 Å². The van der Waals surface area contributed by atoms with Crippen molar-refractivity contribution in [2.24, 2.45) is 0 Å². The standard InChI is InChI=1S/C14H18N2O/c1-12-7-3-4-8-13(12)11-14(17)16-10-6-2-5-9-15/h3-4,7-8H,2,5-6,10-11H2,1H3,(H,16,17). The third-order valence-electron chi connectivity index (χ3n) is 2.65. The zero-order valence-corrected chi connectivity index (χ0v) is 10.2. The van der Waals surface area contributed by atoms with Gasteiger partial charge < -0.3 is 5.32 Å². The van der Waals surface area contributed by atoms with Crippen LogP contribution in [0.1, 0.15) is 30.4 Å². The van der Waals surface area contributed by atoms with Crippen molar-refractivity contribution >= 4 is 5.91 Å². The van der Waals surface area contributed by atoms with E-state index in [1.54, 1.807) is 0 Å². The molecule has 0 unspecified atom stereocenters. The van der Waals surface area contributed by atoms with Crippen LogP contribution >= 0.6 is 0 Å². The molecule has 0 bridgehead atoms. The van der Waals surface area contributed by atoms with Crippen LogP contribution in [0.15, 0.2) is 24.3 Å². The van der Waals surface area contributed by atoms with E-state index >= 15 is 0 Å². The zero-order chi connectivity index (χ0) is 12.5. The Hall–Kier alpha value is -1.82. The SMILES string of the molecule is Cc1ccccc1CC(=O)NCCCCC#N. The third kappa shape index (κ3) is 5.17. The molecule has 1 amide bonds. The Morgan fingerprint density at radius 1 is 1.35 bits per heavy atom. The Morgan fingerprint density at radius 2 is 2.12 bits per heavy atom. The molecule has 0 aliphatic heterocycles. The molecule has 0 heterocycles. The number of carbonyl (C=O) groups excluding carboxylic acids is 1. The first-order valence-corrected chi connectivity index (χ1v) is 5.92. The van der Waals surface area contributed by atoms with Gasteiger partial charge in [0.1, 0.15) is 0 Å². The van der Waals surface area contributed by atoms with Crippen molar-refractivity contribution in [3.63, 3.8) is 0 Å². The quantitative estimate of drug-likeness (QED) is 0.763. The predicted octanol–water partition coefficient (Wildman–Crippen LogP) is 2.35. The van der Waals surface area contributed by atoms with Gasteiger partial charge in [-0.05, 0) is 30.9 Å². The molecule has 1 aromatic carbocycles. The molecule has 1 rings (SSSR count). The minimum Gasteiger partial charge on any atom is -0.356 e. The molecule has 0 saturated heterocycles. The van der Waals surface area contributed by atoms with Crippen LogP contribution in [0.25, 0.3) is 0 Å². The van der Waals surface area contributed by atoms with E-state index < -0.39 is 0 Å². The maximum absolute atomic E-state index is 11.6. The van der Waals surface area contributed by atoms with E-state index in [1.165, 1.54) is 0 Å². The Labute approximate surface area is 102 Å². The number of nitriles is 1. The van der Waals surface area contributed by atoms with E-state index in [9.17, 15) is 4.79 Å². The summed E-state index contributed by atoms with van der Waals surface area (Å²) in [5.41, 5.74) is 2.22. The van der Waals surface area contributed by atoms with Crippen molar-refractivity contribution in [2.45, 2.75) is 32.6 Å². The molecule has 3 heteroatoms. The van der Waals surface area contributed by atoms with Crippen LogP contribution in [0.5, 0.6) is 0 Å². The molecular formula is C14H18N2O. The van der Waals surface area contributed by atoms with Gasteiger partial charge >= 0.3 is 0 Å². The molecule has 0 saturated carbocycles. The second kappa shape index (κ2) is 7.45. The van der Waals surface area contributed by atoms with Crippen molar-refractivity contribution in [3.8, 4) is 6.07 Å². The summed E-state index contributed by atoms with van der Waals surface area (Å²) < 4.78 is 0. The normalized spacial score (nSPS) is 9.65. The molecule has 0 fully saturated rings. The fourth-order valence-corrected chi connectivity index (χ4v) is 1.60. The third-order valence-corrected chi connectivity index (χ3v) is 2.65. The fourth-order valence-electron chi connectivity index (χ4n) is 1.60. The number of hydrogen-bond donors (Lipinski definition) is 1. The highest BCUT2D eigenvalue weighted by Gasteiger charge is 2.04. The molecule has 17 heavy (non-hydrogen) atoms. The maximum atomic E-state index is 11.6. The summed E-state index contributed by atoms with van der Waals surface area (Å²) >= 11 is 0. The molecule has 90 valence electrons. The minimum atomic E-state index is 0.0521. The molecule has 0 atom stereocenters. The molecule has 3 nitrogen and oxygen atoms in total. The van der Waals surface area contributed by atoms with Crippen LogP contribution in [-0.4, -0.2) is 12.5 Å². The topological polar surface area (TPSA) is 52.9 Å². The second-order valence-corrected chi connectivity index (χ2v) is 4.07. The van der Waals surface area contributed by atoms with Gasteiger partial charge in [-0.2, -0.15) is 5.26 Å². The highest BCUT2D eigenvalue weighted by atomic mass is 16.1. The van der Waals surface area contributed by atoms with Gasteiger partial charge in [0.05, 0.1) is 12.5 Å². The lowest BCUT2D eigenvalue weighted by Crippen LogP contribution is -2.26. The van der Waals surface area contributed by atoms with Gasteiger partial charge in [0.25, 0.3) is 0 Å². The number of unbranched alkanes of at least 4 members (excludes halogenated alkanes) is 2. The van der Waals surface area contributed by atoms with Gasteiger partial charge in [0, 0.05) is 13.0 Å². The molecule has 0 aromatic heterocycles. The van der Waals surface area contributed by atoms with Crippen LogP contribution < -0.4 is 5.32 Å². The first-order chi connectivity index (χ1) is 8.24. The highest BCUT2D eigenvalue weighted by molar-refractivity contribution is 5.78. The van der Waals surface area contributed by atoms with E-state index in [4.69, 9.17) is 5.26 Å². The van der Waals surface area contributed by atoms with Crippen molar-refractivity contribution in [1.82, 2.24) is 5.32 Å². The number of rotatable bonds is 6. The zero-order valence-electron chi connectivity index (χ0n) is 10.2. The largest absolute Gasteiger partial charge is 0.356 e. The highest BCUT2D eigenvalue weighted by Crippen LogP contribution is 2.07. The molecule has 1 N–H and O–H groups in total. The van der Waals surface area contributed by atoms with Crippen molar-refractivity contribution in [3.05, 3.63) is 35.4 Å². The number of nitrogens with one attached hydrogen (secondary N) is 1. The average molecular weight is 230 g/mol. The first kappa shape index (κ1) is 13.2. The van der Waals surface area contributed by atoms with Crippen LogP contribution in [0, 0.1) is 18.3 Å². The summed E-state index contributed by atoms with van der Waals surface area (Å²) in [4.78, 5) is 11.6. The van der Waals surface area contributed by atoms with Gasteiger partial charge in [-0.1, -0.05) is 24.3 Å². The van der Waals surface area contributed by atoms with Gasteiger partial charge in [-0.3, -0.25) is 4.79 Å². The van der Waals surface area contributed by atoms with Crippen molar-refractivity contribution in [1.29, 1.82) is 5.26 Å². The van der Waals surface area contributed by atoms with Crippen LogP contribution in [0.4, 0.5) is 0 Å². The Morgan fingerprint density at radius 3 is 2.82 bits per heavy atom. The Bertz CT molecular complexity index is 407. The van der Waals surface area contributed by atoms with Gasteiger partial charge in [-0.25, -0.2) is 0 Å². The van der Waals surface area contributed by atoms with Crippen LogP contribution in [-0.2, 0) is 11.2 Å². The number of nitrogens with zero attached hydrogens (tertiary/aromatic N) is 1. The fraction of sp³-hybridized carbons (Fsp3) is 0.429. The van der Waals surface area contributed by atoms with Gasteiger partial charge in [0.2, 0.25) is 5.91 Å². The Kier molecular flexibility index (Phi) is 5.81. The van der Waals surface area contributed by atoms with E-state index in [0.29, 0.717) is 19.4 Å². The number of aryl methyl sites for hydroxylation is 1. The summed E-state index contributed by atoms with van der Waals surface area (Å²) in [7, 11) is 0.